The van der Waals surface area contributed by atoms with Gasteiger partial charge in [0, 0.05) is 10.8 Å². The third-order valence-corrected chi connectivity index (χ3v) is 3.60. The van der Waals surface area contributed by atoms with Gasteiger partial charge in [-0.15, -0.1) is 23.7 Å². The van der Waals surface area contributed by atoms with Crippen LogP contribution in [0.25, 0.3) is 0 Å². The highest BCUT2D eigenvalue weighted by atomic mass is 35.5. The molecular formula is C11H17ClN2OS. The van der Waals surface area contributed by atoms with Crippen molar-refractivity contribution in [2.45, 2.75) is 19.4 Å². The number of amides is 1. The van der Waals surface area contributed by atoms with Crippen LogP contribution in [0.3, 0.4) is 0 Å². The van der Waals surface area contributed by atoms with Gasteiger partial charge in [-0.3, -0.25) is 4.79 Å². The first-order valence-corrected chi connectivity index (χ1v) is 6.25. The second-order valence-electron chi connectivity index (χ2n) is 3.82. The predicted molar refractivity (Wildman–Crippen MR) is 69.0 cm³/mol. The summed E-state index contributed by atoms with van der Waals surface area (Å²) >= 11 is 1.68. The quantitative estimate of drug-likeness (QED) is 0.870. The minimum Gasteiger partial charge on any atom is -0.351 e. The van der Waals surface area contributed by atoms with E-state index >= 15 is 0 Å². The van der Waals surface area contributed by atoms with Crippen LogP contribution in [-0.2, 0) is 11.3 Å². The lowest BCUT2D eigenvalue weighted by Crippen LogP contribution is -2.37. The molecule has 0 aromatic carbocycles. The van der Waals surface area contributed by atoms with Crippen molar-refractivity contribution in [2.24, 2.45) is 5.92 Å². The van der Waals surface area contributed by atoms with E-state index in [1.165, 1.54) is 4.88 Å². The molecule has 1 aliphatic heterocycles. The molecule has 90 valence electrons. The number of hydrogen-bond donors (Lipinski definition) is 2. The predicted octanol–water partition coefficient (Wildman–Crippen LogP) is 1.79. The van der Waals surface area contributed by atoms with Crippen molar-refractivity contribution < 1.29 is 4.79 Å². The first kappa shape index (κ1) is 13.5. The van der Waals surface area contributed by atoms with Gasteiger partial charge in [-0.1, -0.05) is 6.07 Å². The minimum absolute atomic E-state index is 0. The molecule has 2 N–H and O–H groups in total. The van der Waals surface area contributed by atoms with Crippen LogP contribution < -0.4 is 10.6 Å². The molecule has 1 saturated heterocycles. The standard InChI is InChI=1S/C11H16N2OS.ClH/c14-11(9-3-5-12-6-4-9)13-8-10-2-1-7-15-10;/h1-2,7,9,12H,3-6,8H2,(H,13,14);1H. The van der Waals surface area contributed by atoms with Crippen molar-refractivity contribution in [2.75, 3.05) is 13.1 Å². The topological polar surface area (TPSA) is 41.1 Å². The third-order valence-electron chi connectivity index (χ3n) is 2.73. The van der Waals surface area contributed by atoms with Crippen LogP contribution >= 0.6 is 23.7 Å². The fraction of sp³-hybridized carbons (Fsp3) is 0.545. The molecule has 0 spiro atoms. The van der Waals surface area contributed by atoms with Gasteiger partial charge in [0.05, 0.1) is 6.54 Å². The number of carbonyl (C=O) groups is 1. The van der Waals surface area contributed by atoms with Crippen molar-refractivity contribution >= 4 is 29.7 Å². The van der Waals surface area contributed by atoms with Crippen LogP contribution in [0.15, 0.2) is 17.5 Å². The average Bonchev–Trinajstić information content (AvgIpc) is 2.80. The van der Waals surface area contributed by atoms with E-state index in [2.05, 4.69) is 10.6 Å². The zero-order chi connectivity index (χ0) is 10.5. The fourth-order valence-electron chi connectivity index (χ4n) is 1.82. The van der Waals surface area contributed by atoms with Gasteiger partial charge in [0.15, 0.2) is 0 Å². The lowest BCUT2D eigenvalue weighted by molar-refractivity contribution is -0.125. The lowest BCUT2D eigenvalue weighted by Gasteiger charge is -2.21. The highest BCUT2D eigenvalue weighted by molar-refractivity contribution is 7.09. The Labute approximate surface area is 106 Å². The van der Waals surface area contributed by atoms with Gasteiger partial charge < -0.3 is 10.6 Å². The maximum Gasteiger partial charge on any atom is 0.223 e. The van der Waals surface area contributed by atoms with Crippen molar-refractivity contribution in [1.82, 2.24) is 10.6 Å². The molecule has 0 atom stereocenters. The Hall–Kier alpha value is -0.580. The summed E-state index contributed by atoms with van der Waals surface area (Å²) in [6.45, 7) is 2.62. The van der Waals surface area contributed by atoms with E-state index in [-0.39, 0.29) is 24.2 Å². The molecule has 1 amide bonds. The van der Waals surface area contributed by atoms with Crippen LogP contribution in [0.1, 0.15) is 17.7 Å². The summed E-state index contributed by atoms with van der Waals surface area (Å²) in [7, 11) is 0. The molecule has 1 aromatic rings. The molecule has 2 rings (SSSR count). The maximum absolute atomic E-state index is 11.8. The summed E-state index contributed by atoms with van der Waals surface area (Å²) in [5.41, 5.74) is 0. The number of piperidine rings is 1. The number of carbonyl (C=O) groups excluding carboxylic acids is 1. The normalized spacial score (nSPS) is 16.5. The Bertz CT molecular complexity index is 310. The summed E-state index contributed by atoms with van der Waals surface area (Å²) in [5, 5.41) is 8.29. The lowest BCUT2D eigenvalue weighted by atomic mass is 9.97. The van der Waals surface area contributed by atoms with Gasteiger partial charge in [-0.05, 0) is 37.4 Å². The zero-order valence-electron chi connectivity index (χ0n) is 9.07. The van der Waals surface area contributed by atoms with Crippen molar-refractivity contribution in [1.29, 1.82) is 0 Å². The number of halogens is 1. The van der Waals surface area contributed by atoms with Gasteiger partial charge >= 0.3 is 0 Å². The van der Waals surface area contributed by atoms with Gasteiger partial charge in [-0.25, -0.2) is 0 Å². The molecular weight excluding hydrogens is 244 g/mol. The van der Waals surface area contributed by atoms with Crippen LogP contribution in [0.5, 0.6) is 0 Å². The highest BCUT2D eigenvalue weighted by Gasteiger charge is 2.20. The van der Waals surface area contributed by atoms with Crippen molar-refractivity contribution in [3.63, 3.8) is 0 Å². The van der Waals surface area contributed by atoms with Crippen LogP contribution in [0.4, 0.5) is 0 Å². The van der Waals surface area contributed by atoms with E-state index in [9.17, 15) is 4.79 Å². The summed E-state index contributed by atoms with van der Waals surface area (Å²) in [4.78, 5) is 13.0. The van der Waals surface area contributed by atoms with E-state index < -0.39 is 0 Å². The van der Waals surface area contributed by atoms with Gasteiger partial charge in [0.25, 0.3) is 0 Å². The molecule has 5 heteroatoms. The smallest absolute Gasteiger partial charge is 0.223 e. The SMILES string of the molecule is Cl.O=C(NCc1cccs1)C1CCNCC1. The molecule has 1 aromatic heterocycles. The Morgan fingerprint density at radius 3 is 2.88 bits per heavy atom. The largest absolute Gasteiger partial charge is 0.351 e. The second kappa shape index (κ2) is 6.89. The summed E-state index contributed by atoms with van der Waals surface area (Å²) in [5.74, 6) is 0.427. The molecule has 0 saturated carbocycles. The molecule has 2 heterocycles. The maximum atomic E-state index is 11.8. The Morgan fingerprint density at radius 1 is 1.50 bits per heavy atom. The van der Waals surface area contributed by atoms with Crippen LogP contribution in [-0.4, -0.2) is 19.0 Å². The van der Waals surface area contributed by atoms with E-state index in [4.69, 9.17) is 0 Å². The second-order valence-corrected chi connectivity index (χ2v) is 4.85. The molecule has 0 aliphatic carbocycles. The first-order valence-electron chi connectivity index (χ1n) is 5.37. The van der Waals surface area contributed by atoms with Gasteiger partial charge in [0.2, 0.25) is 5.91 Å². The van der Waals surface area contributed by atoms with Crippen LogP contribution in [0.2, 0.25) is 0 Å². The monoisotopic (exact) mass is 260 g/mol. The summed E-state index contributed by atoms with van der Waals surface area (Å²) in [6.07, 6.45) is 1.94. The number of thiophene rings is 1. The van der Waals surface area contributed by atoms with Crippen LogP contribution in [0, 0.1) is 5.92 Å². The van der Waals surface area contributed by atoms with E-state index in [1.54, 1.807) is 11.3 Å². The van der Waals surface area contributed by atoms with Crippen molar-refractivity contribution in [3.05, 3.63) is 22.4 Å². The molecule has 0 radical (unpaired) electrons. The summed E-state index contributed by atoms with van der Waals surface area (Å²) < 4.78 is 0. The van der Waals surface area contributed by atoms with E-state index in [0.717, 1.165) is 25.9 Å². The van der Waals surface area contributed by atoms with Crippen molar-refractivity contribution in [3.8, 4) is 0 Å². The molecule has 1 fully saturated rings. The number of hydrogen-bond acceptors (Lipinski definition) is 3. The molecule has 0 bridgehead atoms. The molecule has 0 unspecified atom stereocenters. The zero-order valence-corrected chi connectivity index (χ0v) is 10.7. The van der Waals surface area contributed by atoms with Gasteiger partial charge in [0.1, 0.15) is 0 Å². The average molecular weight is 261 g/mol. The number of rotatable bonds is 3. The van der Waals surface area contributed by atoms with E-state index in [0.29, 0.717) is 6.54 Å². The van der Waals surface area contributed by atoms with E-state index in [1.807, 2.05) is 17.5 Å². The third kappa shape index (κ3) is 3.77. The van der Waals surface area contributed by atoms with Gasteiger partial charge in [-0.2, -0.15) is 0 Å². The minimum atomic E-state index is 0. The Morgan fingerprint density at radius 2 is 2.25 bits per heavy atom. The first-order chi connectivity index (χ1) is 7.36. The number of nitrogens with one attached hydrogen (secondary N) is 2. The fourth-order valence-corrected chi connectivity index (χ4v) is 2.46. The summed E-state index contributed by atoms with van der Waals surface area (Å²) in [6, 6.07) is 4.06. The molecule has 1 aliphatic rings. The Balaban J connectivity index is 0.00000128. The molecule has 16 heavy (non-hydrogen) atoms. The highest BCUT2D eigenvalue weighted by Crippen LogP contribution is 2.13. The Kier molecular flexibility index (Phi) is 5.80. The molecule has 3 nitrogen and oxygen atoms in total.